The molecule has 0 saturated carbocycles. The lowest BCUT2D eigenvalue weighted by Gasteiger charge is -2.16. The average molecular weight is 376 g/mol. The Morgan fingerprint density at radius 3 is 2.35 bits per heavy atom. The van der Waals surface area contributed by atoms with Crippen LogP contribution in [0.25, 0.3) is 0 Å². The standard InChI is InChI=1S/C20H22ClNO4/c21-15-3-5-16(6-4-15)25-17-7-9-18(10-8-17)26-19-11-13-22(14-19)12-1-2-20(23)24/h3-10,19H,1-2,11-14H2,(H,23,24)/t19-/m1/s1. The first-order valence-corrected chi connectivity index (χ1v) is 9.10. The van der Waals surface area contributed by atoms with Gasteiger partial charge in [-0.15, -0.1) is 0 Å². The molecule has 0 radical (unpaired) electrons. The normalized spacial score (nSPS) is 17.2. The second-order valence-corrected chi connectivity index (χ2v) is 6.79. The third-order valence-corrected chi connectivity index (χ3v) is 4.52. The summed E-state index contributed by atoms with van der Waals surface area (Å²) in [6.45, 7) is 2.59. The topological polar surface area (TPSA) is 59.0 Å². The summed E-state index contributed by atoms with van der Waals surface area (Å²) in [7, 11) is 0. The molecule has 26 heavy (non-hydrogen) atoms. The largest absolute Gasteiger partial charge is 0.489 e. The number of likely N-dealkylation sites (tertiary alicyclic amines) is 1. The Morgan fingerprint density at radius 1 is 1.08 bits per heavy atom. The number of halogens is 1. The van der Waals surface area contributed by atoms with Crippen molar-refractivity contribution < 1.29 is 19.4 Å². The lowest BCUT2D eigenvalue weighted by atomic mass is 10.3. The van der Waals surface area contributed by atoms with Gasteiger partial charge in [-0.25, -0.2) is 0 Å². The van der Waals surface area contributed by atoms with Gasteiger partial charge in [0.1, 0.15) is 23.4 Å². The van der Waals surface area contributed by atoms with E-state index in [1.807, 2.05) is 36.4 Å². The van der Waals surface area contributed by atoms with Crippen LogP contribution in [0.4, 0.5) is 0 Å². The summed E-state index contributed by atoms with van der Waals surface area (Å²) < 4.78 is 11.8. The van der Waals surface area contributed by atoms with Crippen molar-refractivity contribution in [1.29, 1.82) is 0 Å². The van der Waals surface area contributed by atoms with Gasteiger partial charge in [0.05, 0.1) is 0 Å². The first kappa shape index (κ1) is 18.5. The number of aliphatic carboxylic acids is 1. The summed E-state index contributed by atoms with van der Waals surface area (Å²) in [5, 5.41) is 9.38. The summed E-state index contributed by atoms with van der Waals surface area (Å²) in [6.07, 6.45) is 1.99. The zero-order chi connectivity index (χ0) is 18.4. The van der Waals surface area contributed by atoms with Crippen molar-refractivity contribution in [3.8, 4) is 17.2 Å². The SMILES string of the molecule is O=C(O)CCCN1CC[C@@H](Oc2ccc(Oc3ccc(Cl)cc3)cc2)C1. The second-order valence-electron chi connectivity index (χ2n) is 6.35. The molecule has 1 atom stereocenters. The molecular weight excluding hydrogens is 354 g/mol. The number of ether oxygens (including phenoxy) is 2. The molecule has 138 valence electrons. The zero-order valence-corrected chi connectivity index (χ0v) is 15.2. The van der Waals surface area contributed by atoms with Gasteiger partial charge in [-0.2, -0.15) is 0 Å². The molecule has 0 amide bonds. The third kappa shape index (κ3) is 5.64. The summed E-state index contributed by atoms with van der Waals surface area (Å²) in [6, 6.07) is 14.8. The molecule has 1 N–H and O–H groups in total. The van der Waals surface area contributed by atoms with Gasteiger partial charge in [-0.1, -0.05) is 11.6 Å². The van der Waals surface area contributed by atoms with Crippen LogP contribution in [-0.2, 0) is 4.79 Å². The van der Waals surface area contributed by atoms with E-state index in [4.69, 9.17) is 26.2 Å². The van der Waals surface area contributed by atoms with Crippen LogP contribution in [0.15, 0.2) is 48.5 Å². The number of hydrogen-bond acceptors (Lipinski definition) is 4. The summed E-state index contributed by atoms with van der Waals surface area (Å²) in [4.78, 5) is 12.8. The van der Waals surface area contributed by atoms with Crippen molar-refractivity contribution in [3.05, 3.63) is 53.6 Å². The molecule has 0 unspecified atom stereocenters. The lowest BCUT2D eigenvalue weighted by molar-refractivity contribution is -0.137. The number of rotatable bonds is 8. The lowest BCUT2D eigenvalue weighted by Crippen LogP contribution is -2.26. The van der Waals surface area contributed by atoms with Gasteiger partial charge >= 0.3 is 5.97 Å². The molecule has 1 heterocycles. The third-order valence-electron chi connectivity index (χ3n) is 4.27. The first-order valence-electron chi connectivity index (χ1n) is 8.73. The summed E-state index contributed by atoms with van der Waals surface area (Å²) in [5.41, 5.74) is 0. The molecule has 5 nitrogen and oxygen atoms in total. The van der Waals surface area contributed by atoms with Gasteiger partial charge in [0, 0.05) is 24.5 Å². The Morgan fingerprint density at radius 2 is 1.69 bits per heavy atom. The predicted molar refractivity (Wildman–Crippen MR) is 100 cm³/mol. The van der Waals surface area contributed by atoms with Crippen molar-refractivity contribution in [1.82, 2.24) is 4.90 Å². The Labute approximate surface area is 158 Å². The molecule has 1 fully saturated rings. The van der Waals surface area contributed by atoms with Gasteiger partial charge in [0.15, 0.2) is 0 Å². The van der Waals surface area contributed by atoms with Crippen molar-refractivity contribution >= 4 is 17.6 Å². The van der Waals surface area contributed by atoms with Crippen LogP contribution >= 0.6 is 11.6 Å². The number of carboxylic acids is 1. The predicted octanol–water partition coefficient (Wildman–Crippen LogP) is 4.45. The second kappa shape index (κ2) is 8.92. The fourth-order valence-corrected chi connectivity index (χ4v) is 3.09. The van der Waals surface area contributed by atoms with Crippen LogP contribution in [-0.4, -0.2) is 41.7 Å². The fourth-order valence-electron chi connectivity index (χ4n) is 2.97. The highest BCUT2D eigenvalue weighted by molar-refractivity contribution is 6.30. The van der Waals surface area contributed by atoms with Crippen LogP contribution in [0.3, 0.4) is 0 Å². The maximum Gasteiger partial charge on any atom is 0.303 e. The molecular formula is C20H22ClNO4. The number of benzene rings is 2. The molecule has 0 spiro atoms. The van der Waals surface area contributed by atoms with Gasteiger partial charge in [0.25, 0.3) is 0 Å². The van der Waals surface area contributed by atoms with Crippen LogP contribution in [0.5, 0.6) is 17.2 Å². The minimum atomic E-state index is -0.738. The zero-order valence-electron chi connectivity index (χ0n) is 14.4. The molecule has 1 saturated heterocycles. The smallest absolute Gasteiger partial charge is 0.303 e. The van der Waals surface area contributed by atoms with E-state index in [1.54, 1.807) is 12.1 Å². The average Bonchev–Trinajstić information content (AvgIpc) is 3.06. The van der Waals surface area contributed by atoms with Crippen LogP contribution < -0.4 is 9.47 Å². The molecule has 6 heteroatoms. The molecule has 2 aromatic carbocycles. The minimum absolute atomic E-state index is 0.142. The molecule has 0 bridgehead atoms. The van der Waals surface area contributed by atoms with Gasteiger partial charge in [-0.05, 0) is 67.9 Å². The molecule has 1 aliphatic heterocycles. The number of carbonyl (C=O) groups is 1. The van der Waals surface area contributed by atoms with E-state index in [9.17, 15) is 4.79 Å². The first-order chi connectivity index (χ1) is 12.6. The summed E-state index contributed by atoms with van der Waals surface area (Å²) in [5.74, 6) is 1.54. The monoisotopic (exact) mass is 375 g/mol. The van der Waals surface area contributed by atoms with E-state index < -0.39 is 5.97 Å². The number of hydrogen-bond donors (Lipinski definition) is 1. The Bertz CT molecular complexity index is 718. The van der Waals surface area contributed by atoms with Crippen molar-refractivity contribution in [2.24, 2.45) is 0 Å². The van der Waals surface area contributed by atoms with Crippen molar-refractivity contribution in [2.45, 2.75) is 25.4 Å². The van der Waals surface area contributed by atoms with Crippen LogP contribution in [0.1, 0.15) is 19.3 Å². The quantitative estimate of drug-likeness (QED) is 0.738. The van der Waals surface area contributed by atoms with E-state index in [-0.39, 0.29) is 12.5 Å². The number of nitrogens with zero attached hydrogens (tertiary/aromatic N) is 1. The molecule has 0 aliphatic carbocycles. The van der Waals surface area contributed by atoms with Crippen molar-refractivity contribution in [2.75, 3.05) is 19.6 Å². The molecule has 0 aromatic heterocycles. The van der Waals surface area contributed by atoms with E-state index in [1.165, 1.54) is 0 Å². The van der Waals surface area contributed by atoms with Crippen LogP contribution in [0, 0.1) is 0 Å². The van der Waals surface area contributed by atoms with E-state index in [2.05, 4.69) is 4.90 Å². The highest BCUT2D eigenvalue weighted by Gasteiger charge is 2.23. The van der Waals surface area contributed by atoms with Gasteiger partial charge in [0.2, 0.25) is 0 Å². The Balaban J connectivity index is 1.45. The van der Waals surface area contributed by atoms with E-state index >= 15 is 0 Å². The van der Waals surface area contributed by atoms with Gasteiger partial charge in [-0.3, -0.25) is 9.69 Å². The van der Waals surface area contributed by atoms with Gasteiger partial charge < -0.3 is 14.6 Å². The molecule has 3 rings (SSSR count). The Kier molecular flexibility index (Phi) is 6.36. The summed E-state index contributed by atoms with van der Waals surface area (Å²) >= 11 is 5.87. The fraction of sp³-hybridized carbons (Fsp3) is 0.350. The van der Waals surface area contributed by atoms with E-state index in [0.29, 0.717) is 11.4 Å². The minimum Gasteiger partial charge on any atom is -0.489 e. The van der Waals surface area contributed by atoms with E-state index in [0.717, 1.165) is 43.3 Å². The Hall–Kier alpha value is -2.24. The maximum atomic E-state index is 10.6. The molecule has 2 aromatic rings. The van der Waals surface area contributed by atoms with Crippen molar-refractivity contribution in [3.63, 3.8) is 0 Å². The number of carboxylic acid groups (broad SMARTS) is 1. The maximum absolute atomic E-state index is 10.6. The highest BCUT2D eigenvalue weighted by Crippen LogP contribution is 2.26. The highest BCUT2D eigenvalue weighted by atomic mass is 35.5. The van der Waals surface area contributed by atoms with Crippen LogP contribution in [0.2, 0.25) is 5.02 Å². The molecule has 1 aliphatic rings.